The summed E-state index contributed by atoms with van der Waals surface area (Å²) in [6, 6.07) is 19.0. The van der Waals surface area contributed by atoms with E-state index < -0.39 is 17.6 Å². The minimum Gasteiger partial charge on any atom is -0.324 e. The molecule has 0 unspecified atom stereocenters. The van der Waals surface area contributed by atoms with E-state index in [0.717, 1.165) is 51.9 Å². The highest BCUT2D eigenvalue weighted by atomic mass is 35.5. The van der Waals surface area contributed by atoms with Crippen LogP contribution in [0.25, 0.3) is 0 Å². The molecule has 0 spiro atoms. The normalized spacial score (nSPS) is 12.0. The van der Waals surface area contributed by atoms with Gasteiger partial charge in [0.2, 0.25) is 23.6 Å². The van der Waals surface area contributed by atoms with E-state index in [9.17, 15) is 38.4 Å². The molecule has 0 aliphatic heterocycles. The Labute approximate surface area is 397 Å². The van der Waals surface area contributed by atoms with Gasteiger partial charge in [-0.05, 0) is 76.1 Å². The Morgan fingerprint density at radius 1 is 0.409 bits per heavy atom. The molecule has 4 aromatic carbocycles. The molecule has 66 heavy (non-hydrogen) atoms. The second-order valence-corrected chi connectivity index (χ2v) is 15.8. The lowest BCUT2D eigenvalue weighted by atomic mass is 9.82. The van der Waals surface area contributed by atoms with Gasteiger partial charge in [0.25, 0.3) is 0 Å². The summed E-state index contributed by atoms with van der Waals surface area (Å²) in [5.41, 5.74) is 2.31. The Kier molecular flexibility index (Phi) is 21.0. The summed E-state index contributed by atoms with van der Waals surface area (Å²) < 4.78 is 0. The van der Waals surface area contributed by atoms with Crippen LogP contribution in [0, 0.1) is 0 Å². The van der Waals surface area contributed by atoms with Gasteiger partial charge in [-0.1, -0.05) is 91.1 Å². The summed E-state index contributed by atoms with van der Waals surface area (Å²) >= 11 is 11.0. The second kappa shape index (κ2) is 25.6. The first-order valence-corrected chi connectivity index (χ1v) is 22.4. The standard InChI is InChI=1S/C30H40N4O4.C18H12Cl2N2O4.2CH4/c1-5-15-33(16-6-2)19-25(35)31-23-13-9-11-21-27(23)30(38)28-22(29(21)37)12-10-14-24(28)32-26(36)20-34(17-7-3)18-8-4;19-7-13(23)21-11-5-1-3-9-15(11)18(26)16-10(17(9)25)4-2-6-12(16)22-14(24)8-20;;/h9-14H,5-8,15-20H2,1-4H3,(H,31,35)(H,32,36);1-6H,7-8H2,(H,21,23)(H,22,24);2*1H4. The van der Waals surface area contributed by atoms with Crippen molar-refractivity contribution < 1.29 is 38.4 Å². The van der Waals surface area contributed by atoms with Crippen molar-refractivity contribution in [2.75, 3.05) is 72.3 Å². The number of benzene rings is 4. The topological polar surface area (TPSA) is 191 Å². The highest BCUT2D eigenvalue weighted by Gasteiger charge is 2.36. The predicted molar refractivity (Wildman–Crippen MR) is 263 cm³/mol. The van der Waals surface area contributed by atoms with E-state index in [1.807, 2.05) is 0 Å². The number of hydrogen-bond donors (Lipinski definition) is 4. The zero-order valence-electron chi connectivity index (χ0n) is 36.3. The minimum absolute atomic E-state index is 0. The maximum absolute atomic E-state index is 13.8. The predicted octanol–water partition coefficient (Wildman–Crippen LogP) is 8.67. The van der Waals surface area contributed by atoms with Gasteiger partial charge < -0.3 is 21.3 Å². The summed E-state index contributed by atoms with van der Waals surface area (Å²) in [6.07, 6.45) is 3.73. The number of alkyl halides is 2. The third-order valence-electron chi connectivity index (χ3n) is 10.4. The molecule has 0 saturated heterocycles. The van der Waals surface area contributed by atoms with Gasteiger partial charge in [-0.3, -0.25) is 48.2 Å². The Hall–Kier alpha value is -6.06. The number of anilines is 4. The maximum atomic E-state index is 13.8. The van der Waals surface area contributed by atoms with Crippen molar-refractivity contribution in [3.63, 3.8) is 0 Å². The molecule has 2 aliphatic rings. The Morgan fingerprint density at radius 3 is 0.879 bits per heavy atom. The number of nitrogens with zero attached hydrogens (tertiary/aromatic N) is 2. The number of fused-ring (bicyclic) bond motifs is 4. The third-order valence-corrected chi connectivity index (χ3v) is 10.9. The van der Waals surface area contributed by atoms with E-state index in [1.54, 1.807) is 48.5 Å². The van der Waals surface area contributed by atoms with Crippen LogP contribution < -0.4 is 21.3 Å². The SMILES string of the molecule is C.C.CCCN(CCC)CC(=O)Nc1cccc2c1C(=O)c1c(NC(=O)CN(CCC)CCC)cccc1C2=O.O=C(CCl)Nc1cccc2c1C(=O)c1c(NC(=O)CCl)cccc1C2=O. The van der Waals surface area contributed by atoms with Crippen LogP contribution in [0.15, 0.2) is 72.8 Å². The molecule has 16 heteroatoms. The fraction of sp³-hybridized carbons (Fsp3) is 0.360. The third kappa shape index (κ3) is 12.6. The van der Waals surface area contributed by atoms with E-state index in [2.05, 4.69) is 58.8 Å². The Bertz CT molecular complexity index is 2300. The molecule has 0 atom stereocenters. The molecule has 0 radical (unpaired) electrons. The number of carbonyl (C=O) groups excluding carboxylic acids is 8. The molecule has 0 bridgehead atoms. The molecular weight excluding hydrogens is 883 g/mol. The van der Waals surface area contributed by atoms with Gasteiger partial charge in [0.1, 0.15) is 11.8 Å². The van der Waals surface area contributed by atoms with Gasteiger partial charge in [0.15, 0.2) is 23.1 Å². The van der Waals surface area contributed by atoms with Crippen LogP contribution in [-0.4, -0.2) is 108 Å². The van der Waals surface area contributed by atoms with Crippen LogP contribution in [0.4, 0.5) is 22.7 Å². The molecule has 0 aromatic heterocycles. The summed E-state index contributed by atoms with van der Waals surface area (Å²) in [6.45, 7) is 11.9. The first-order valence-electron chi connectivity index (χ1n) is 21.3. The smallest absolute Gasteiger partial charge is 0.239 e. The number of halogens is 2. The summed E-state index contributed by atoms with van der Waals surface area (Å²) in [7, 11) is 0. The lowest BCUT2D eigenvalue weighted by Crippen LogP contribution is -2.35. The van der Waals surface area contributed by atoms with Gasteiger partial charge in [0, 0.05) is 22.3 Å². The molecule has 4 aromatic rings. The largest absolute Gasteiger partial charge is 0.324 e. The van der Waals surface area contributed by atoms with Gasteiger partial charge in [-0.25, -0.2) is 0 Å². The van der Waals surface area contributed by atoms with Crippen molar-refractivity contribution in [2.45, 2.75) is 68.2 Å². The molecule has 4 amide bonds. The molecule has 0 saturated carbocycles. The number of ketones is 4. The Morgan fingerprint density at radius 2 is 0.652 bits per heavy atom. The van der Waals surface area contributed by atoms with Gasteiger partial charge in [-0.15, -0.1) is 23.2 Å². The number of amides is 4. The maximum Gasteiger partial charge on any atom is 0.239 e. The highest BCUT2D eigenvalue weighted by molar-refractivity contribution is 6.35. The average Bonchev–Trinajstić information content (AvgIpc) is 3.27. The molecule has 0 fully saturated rings. The van der Waals surface area contributed by atoms with E-state index in [0.29, 0.717) is 11.4 Å². The monoisotopic (exact) mass is 942 g/mol. The van der Waals surface area contributed by atoms with E-state index >= 15 is 0 Å². The van der Waals surface area contributed by atoms with Gasteiger partial charge in [-0.2, -0.15) is 0 Å². The summed E-state index contributed by atoms with van der Waals surface area (Å²) in [5, 5.41) is 10.8. The van der Waals surface area contributed by atoms with Crippen LogP contribution in [0.5, 0.6) is 0 Å². The summed E-state index contributed by atoms with van der Waals surface area (Å²) in [4.78, 5) is 106. The zero-order valence-corrected chi connectivity index (χ0v) is 37.8. The van der Waals surface area contributed by atoms with Crippen LogP contribution >= 0.6 is 23.2 Å². The number of rotatable bonds is 18. The zero-order chi connectivity index (χ0) is 46.5. The van der Waals surface area contributed by atoms with Crippen LogP contribution in [0.2, 0.25) is 0 Å². The van der Waals surface area contributed by atoms with Crippen LogP contribution in [0.3, 0.4) is 0 Å². The van der Waals surface area contributed by atoms with Crippen LogP contribution in [0.1, 0.15) is 132 Å². The van der Waals surface area contributed by atoms with Crippen LogP contribution in [-0.2, 0) is 19.2 Å². The number of nitrogens with one attached hydrogen (secondary N) is 4. The molecule has 6 rings (SSSR count). The second-order valence-electron chi connectivity index (χ2n) is 15.2. The summed E-state index contributed by atoms with van der Waals surface area (Å²) in [5.74, 6) is -3.62. The quantitative estimate of drug-likeness (QED) is 0.0607. The number of carbonyl (C=O) groups is 8. The first-order chi connectivity index (χ1) is 30.8. The lowest BCUT2D eigenvalue weighted by molar-refractivity contribution is -0.118. The molecule has 0 heterocycles. The van der Waals surface area contributed by atoms with Gasteiger partial charge >= 0.3 is 0 Å². The Balaban J connectivity index is 0.000000362. The van der Waals surface area contributed by atoms with Crippen molar-refractivity contribution in [3.05, 3.63) is 117 Å². The van der Waals surface area contributed by atoms with Crippen molar-refractivity contribution in [1.29, 1.82) is 0 Å². The van der Waals surface area contributed by atoms with Crippen molar-refractivity contribution in [3.8, 4) is 0 Å². The van der Waals surface area contributed by atoms with Gasteiger partial charge in [0.05, 0.1) is 58.1 Å². The fourth-order valence-electron chi connectivity index (χ4n) is 7.86. The highest BCUT2D eigenvalue weighted by Crippen LogP contribution is 2.37. The van der Waals surface area contributed by atoms with Crippen molar-refractivity contribution in [1.82, 2.24) is 9.80 Å². The van der Waals surface area contributed by atoms with E-state index in [4.69, 9.17) is 23.2 Å². The molecule has 352 valence electrons. The minimum atomic E-state index is -0.505. The van der Waals surface area contributed by atoms with Crippen molar-refractivity contribution in [2.24, 2.45) is 0 Å². The molecule has 2 aliphatic carbocycles. The molecular formula is C50H60Cl2N6O8. The lowest BCUT2D eigenvalue weighted by Gasteiger charge is -2.24. The van der Waals surface area contributed by atoms with Crippen molar-refractivity contribution >= 4 is 92.7 Å². The van der Waals surface area contributed by atoms with E-state index in [-0.39, 0.29) is 125 Å². The average molecular weight is 944 g/mol. The molecule has 4 N–H and O–H groups in total. The fourth-order valence-corrected chi connectivity index (χ4v) is 7.99. The number of hydrogen-bond acceptors (Lipinski definition) is 10. The first kappa shape index (κ1) is 54.3. The molecule has 14 nitrogen and oxygen atoms in total. The van der Waals surface area contributed by atoms with E-state index in [1.165, 1.54) is 24.3 Å².